The van der Waals surface area contributed by atoms with Crippen molar-refractivity contribution in [3.05, 3.63) is 41.7 Å². The molecule has 0 saturated heterocycles. The molecule has 0 spiro atoms. The van der Waals surface area contributed by atoms with E-state index in [9.17, 15) is 18.0 Å². The van der Waals surface area contributed by atoms with Crippen LogP contribution in [0.5, 0.6) is 0 Å². The van der Waals surface area contributed by atoms with Gasteiger partial charge in [-0.15, -0.1) is 11.3 Å². The summed E-state index contributed by atoms with van der Waals surface area (Å²) in [6.07, 6.45) is 1.34. The number of hydrogen-bond acceptors (Lipinski definition) is 7. The van der Waals surface area contributed by atoms with E-state index in [1.807, 2.05) is 0 Å². The van der Waals surface area contributed by atoms with Crippen LogP contribution in [0.15, 0.2) is 44.5 Å². The van der Waals surface area contributed by atoms with E-state index < -0.39 is 26.9 Å². The molecule has 24 heavy (non-hydrogen) atoms. The first-order valence-electron chi connectivity index (χ1n) is 6.94. The first kappa shape index (κ1) is 18.2. The highest BCUT2D eigenvalue weighted by Crippen LogP contribution is 2.31. The van der Waals surface area contributed by atoms with E-state index in [0.717, 1.165) is 11.3 Å². The van der Waals surface area contributed by atoms with Gasteiger partial charge in [0, 0.05) is 13.1 Å². The molecule has 3 N–H and O–H groups in total. The number of hydrogen-bond donors (Lipinski definition) is 3. The van der Waals surface area contributed by atoms with E-state index in [4.69, 9.17) is 9.52 Å². The minimum Gasteiger partial charge on any atom is -0.468 e. The summed E-state index contributed by atoms with van der Waals surface area (Å²) in [7, 11) is -3.78. The van der Waals surface area contributed by atoms with Gasteiger partial charge in [0.15, 0.2) is 9.84 Å². The molecule has 0 unspecified atom stereocenters. The molecule has 0 radical (unpaired) electrons. The van der Waals surface area contributed by atoms with Crippen molar-refractivity contribution in [3.8, 4) is 0 Å². The fourth-order valence-electron chi connectivity index (χ4n) is 1.92. The van der Waals surface area contributed by atoms with Gasteiger partial charge in [-0.3, -0.25) is 9.59 Å². The number of aliphatic hydroxyl groups excluding tert-OH is 1. The Labute approximate surface area is 142 Å². The third-order valence-corrected chi connectivity index (χ3v) is 6.55. The summed E-state index contributed by atoms with van der Waals surface area (Å²) in [5.41, 5.74) is 0. The minimum absolute atomic E-state index is 0.0681. The van der Waals surface area contributed by atoms with Gasteiger partial charge < -0.3 is 20.2 Å². The summed E-state index contributed by atoms with van der Waals surface area (Å²) in [5.74, 6) is -1.77. The molecule has 0 saturated carbocycles. The van der Waals surface area contributed by atoms with Crippen LogP contribution in [0.1, 0.15) is 11.0 Å². The lowest BCUT2D eigenvalue weighted by atomic mass is 10.3. The molecule has 0 fully saturated rings. The number of amides is 2. The lowest BCUT2D eigenvalue weighted by molar-refractivity contribution is -0.139. The van der Waals surface area contributed by atoms with Gasteiger partial charge in [-0.05, 0) is 23.6 Å². The average molecular weight is 372 g/mol. The Bertz CT molecular complexity index is 768. The van der Waals surface area contributed by atoms with Crippen LogP contribution < -0.4 is 10.6 Å². The van der Waals surface area contributed by atoms with Crippen LogP contribution in [0.3, 0.4) is 0 Å². The van der Waals surface area contributed by atoms with Crippen molar-refractivity contribution < 1.29 is 27.5 Å². The van der Waals surface area contributed by atoms with Gasteiger partial charge in [-0.2, -0.15) is 0 Å². The predicted octanol–water partition coefficient (Wildman–Crippen LogP) is 0.0808. The minimum atomic E-state index is -3.78. The second kappa shape index (κ2) is 8.08. The Kier molecular flexibility index (Phi) is 6.12. The fraction of sp³-hybridized carbons (Fsp3) is 0.286. The van der Waals surface area contributed by atoms with Crippen LogP contribution in [-0.2, 0) is 19.4 Å². The predicted molar refractivity (Wildman–Crippen MR) is 86.1 cm³/mol. The number of furan rings is 1. The van der Waals surface area contributed by atoms with Crippen LogP contribution in [0, 0.1) is 0 Å². The highest BCUT2D eigenvalue weighted by atomic mass is 32.2. The smallest absolute Gasteiger partial charge is 0.309 e. The first-order valence-corrected chi connectivity index (χ1v) is 9.37. The molecule has 2 aromatic heterocycles. The standard InChI is InChI=1S/C14H16N2O6S2/c17-6-5-15-13(18)14(19)16-9-11(10-3-1-7-22-10)24(20,21)12-4-2-8-23-12/h1-4,7-8,11,17H,5-6,9H2,(H,15,18)(H,16,19)/t11-/m1/s1. The monoisotopic (exact) mass is 372 g/mol. The van der Waals surface area contributed by atoms with Crippen LogP contribution in [0.4, 0.5) is 0 Å². The molecule has 0 aromatic carbocycles. The molecule has 2 amide bonds. The van der Waals surface area contributed by atoms with Crippen molar-refractivity contribution >= 4 is 33.0 Å². The number of aliphatic hydroxyl groups is 1. The van der Waals surface area contributed by atoms with Crippen LogP contribution in [0.25, 0.3) is 0 Å². The van der Waals surface area contributed by atoms with Crippen molar-refractivity contribution in [2.75, 3.05) is 19.7 Å². The number of rotatable bonds is 7. The first-order chi connectivity index (χ1) is 11.5. The van der Waals surface area contributed by atoms with Crippen molar-refractivity contribution in [1.29, 1.82) is 0 Å². The summed E-state index contributed by atoms with van der Waals surface area (Å²) >= 11 is 1.06. The van der Waals surface area contributed by atoms with E-state index in [2.05, 4.69) is 10.6 Å². The SMILES string of the molecule is O=C(NCCO)C(=O)NC[C@H](c1ccco1)S(=O)(=O)c1cccs1. The average Bonchev–Trinajstić information content (AvgIpc) is 3.25. The van der Waals surface area contributed by atoms with Gasteiger partial charge in [0.05, 0.1) is 12.9 Å². The van der Waals surface area contributed by atoms with Gasteiger partial charge in [-0.1, -0.05) is 6.07 Å². The molecule has 1 atom stereocenters. The zero-order chi connectivity index (χ0) is 17.6. The van der Waals surface area contributed by atoms with Crippen molar-refractivity contribution in [1.82, 2.24) is 10.6 Å². The molecule has 2 aromatic rings. The van der Waals surface area contributed by atoms with E-state index >= 15 is 0 Å². The second-order valence-corrected chi connectivity index (χ2v) is 7.98. The van der Waals surface area contributed by atoms with Gasteiger partial charge in [0.2, 0.25) is 0 Å². The van der Waals surface area contributed by atoms with E-state index in [-0.39, 0.29) is 29.7 Å². The van der Waals surface area contributed by atoms with E-state index in [0.29, 0.717) is 0 Å². The molecular formula is C14H16N2O6S2. The molecule has 8 nitrogen and oxygen atoms in total. The van der Waals surface area contributed by atoms with E-state index in [1.165, 1.54) is 18.4 Å². The van der Waals surface area contributed by atoms with Crippen molar-refractivity contribution in [2.45, 2.75) is 9.46 Å². The number of nitrogens with one attached hydrogen (secondary N) is 2. The summed E-state index contributed by atoms with van der Waals surface area (Å²) < 4.78 is 30.7. The molecule has 2 heterocycles. The third-order valence-electron chi connectivity index (χ3n) is 3.06. The quantitative estimate of drug-likeness (QED) is 0.591. The summed E-state index contributed by atoms with van der Waals surface area (Å²) in [6.45, 7) is -0.693. The maximum Gasteiger partial charge on any atom is 0.309 e. The summed E-state index contributed by atoms with van der Waals surface area (Å²) in [5, 5.41) is 13.6. The Morgan fingerprint density at radius 3 is 2.54 bits per heavy atom. The zero-order valence-corrected chi connectivity index (χ0v) is 14.1. The molecular weight excluding hydrogens is 356 g/mol. The van der Waals surface area contributed by atoms with Crippen LogP contribution >= 0.6 is 11.3 Å². The molecule has 0 bridgehead atoms. The molecule has 10 heteroatoms. The summed E-state index contributed by atoms with van der Waals surface area (Å²) in [6, 6.07) is 6.11. The Morgan fingerprint density at radius 2 is 1.96 bits per heavy atom. The number of thiophene rings is 1. The number of carbonyl (C=O) groups is 2. The molecule has 0 aliphatic heterocycles. The highest BCUT2D eigenvalue weighted by Gasteiger charge is 2.33. The third kappa shape index (κ3) is 4.22. The van der Waals surface area contributed by atoms with Gasteiger partial charge in [0.1, 0.15) is 15.2 Å². The second-order valence-electron chi connectivity index (χ2n) is 4.67. The lowest BCUT2D eigenvalue weighted by Gasteiger charge is -2.15. The number of sulfone groups is 1. The maximum absolute atomic E-state index is 12.7. The largest absolute Gasteiger partial charge is 0.468 e. The van der Waals surface area contributed by atoms with Gasteiger partial charge >= 0.3 is 11.8 Å². The van der Waals surface area contributed by atoms with E-state index in [1.54, 1.807) is 17.5 Å². The molecule has 2 rings (SSSR count). The lowest BCUT2D eigenvalue weighted by Crippen LogP contribution is -2.43. The molecule has 0 aliphatic carbocycles. The Hall–Kier alpha value is -2.17. The van der Waals surface area contributed by atoms with Crippen molar-refractivity contribution in [2.24, 2.45) is 0 Å². The van der Waals surface area contributed by atoms with Crippen LogP contribution in [0.2, 0.25) is 0 Å². The molecule has 130 valence electrons. The Balaban J connectivity index is 2.14. The van der Waals surface area contributed by atoms with Gasteiger partial charge in [0.25, 0.3) is 0 Å². The number of carbonyl (C=O) groups excluding carboxylic acids is 2. The Morgan fingerprint density at radius 1 is 1.21 bits per heavy atom. The van der Waals surface area contributed by atoms with Crippen LogP contribution in [-0.4, -0.2) is 45.0 Å². The summed E-state index contributed by atoms with van der Waals surface area (Å²) in [4.78, 5) is 23.2. The maximum atomic E-state index is 12.7. The highest BCUT2D eigenvalue weighted by molar-refractivity contribution is 7.93. The topological polar surface area (TPSA) is 126 Å². The molecule has 0 aliphatic rings. The fourth-order valence-corrected chi connectivity index (χ4v) is 4.71. The van der Waals surface area contributed by atoms with Crippen molar-refractivity contribution in [3.63, 3.8) is 0 Å². The van der Waals surface area contributed by atoms with Gasteiger partial charge in [-0.25, -0.2) is 8.42 Å². The zero-order valence-electron chi connectivity index (χ0n) is 12.5. The normalized spacial score (nSPS) is 12.5.